The predicted molar refractivity (Wildman–Crippen MR) is 163 cm³/mol. The number of halogens is 2. The van der Waals surface area contributed by atoms with Crippen molar-refractivity contribution in [1.82, 2.24) is 14.9 Å². The average molecular weight is 599 g/mol. The summed E-state index contributed by atoms with van der Waals surface area (Å²) in [4.78, 5) is 31.5. The number of morpholine rings is 1. The van der Waals surface area contributed by atoms with E-state index >= 15 is 0 Å². The number of aromatic amines is 1. The van der Waals surface area contributed by atoms with Crippen LogP contribution in [0, 0.1) is 0 Å². The summed E-state index contributed by atoms with van der Waals surface area (Å²) >= 11 is 7.26. The Balaban J connectivity index is 0.00000323. The number of carbonyl (C=O) groups excluding carboxylic acids is 2. The van der Waals surface area contributed by atoms with Crippen molar-refractivity contribution in [1.29, 1.82) is 0 Å². The number of rotatable bonds is 6. The number of aromatic nitrogens is 1. The maximum atomic E-state index is 13.0. The largest absolute Gasteiger partial charge is 0.379 e. The first kappa shape index (κ1) is 28.4. The number of nitrogens with one attached hydrogen (secondary N) is 2. The lowest BCUT2D eigenvalue weighted by Crippen LogP contribution is -2.35. The molecule has 1 fully saturated rings. The maximum absolute atomic E-state index is 13.0. The molecular formula is C29H29Cl2N5O3S. The zero-order chi connectivity index (χ0) is 26.9. The van der Waals surface area contributed by atoms with Crippen LogP contribution in [0.2, 0.25) is 5.02 Å². The van der Waals surface area contributed by atoms with Crippen molar-refractivity contribution < 1.29 is 14.3 Å². The molecule has 4 heterocycles. The molecule has 1 aromatic heterocycles. The standard InChI is InChI=1S/C29H28ClN5O3S.ClH/c1-18(25-13-20(14-31-25)15-34-8-10-38-11-9-34)27-23-12-19(2-7-24(23)32-28(27)36)16-35-29(37)39-17-26(33-35)21-3-5-22(30)6-4-21;/h2-7,12-14,31H,8-11,15-17H2,1H3,(H,32,36);1H/b27-18+;. The number of ether oxygens (including phenoxy) is 1. The van der Waals surface area contributed by atoms with Crippen LogP contribution in [-0.2, 0) is 22.6 Å². The third-order valence-electron chi connectivity index (χ3n) is 7.15. The highest BCUT2D eigenvalue weighted by atomic mass is 35.5. The number of H-pyrrole nitrogens is 1. The molecule has 0 bridgehead atoms. The summed E-state index contributed by atoms with van der Waals surface area (Å²) in [6.45, 7) is 6.47. The first-order valence-corrected chi connectivity index (χ1v) is 14.2. The SMILES string of the molecule is C/C(=C1\C(=O)Nc2ccc(CN3N=C(c4ccc(Cl)cc4)CSC3=O)cc21)c1cc(CN2CCOCC2)c[nH]1.Cl. The van der Waals surface area contributed by atoms with Crippen LogP contribution in [0.15, 0.2) is 59.8 Å². The monoisotopic (exact) mass is 597 g/mol. The van der Waals surface area contributed by atoms with Gasteiger partial charge in [-0.2, -0.15) is 5.10 Å². The van der Waals surface area contributed by atoms with Crippen LogP contribution in [0.25, 0.3) is 11.1 Å². The van der Waals surface area contributed by atoms with Gasteiger partial charge in [-0.15, -0.1) is 12.4 Å². The zero-order valence-electron chi connectivity index (χ0n) is 21.9. The van der Waals surface area contributed by atoms with Gasteiger partial charge < -0.3 is 15.0 Å². The van der Waals surface area contributed by atoms with Gasteiger partial charge in [-0.25, -0.2) is 5.01 Å². The minimum absolute atomic E-state index is 0. The zero-order valence-corrected chi connectivity index (χ0v) is 24.3. The number of amides is 2. The molecule has 11 heteroatoms. The van der Waals surface area contributed by atoms with Crippen LogP contribution in [0.5, 0.6) is 0 Å². The van der Waals surface area contributed by atoms with Crippen LogP contribution >= 0.6 is 35.8 Å². The van der Waals surface area contributed by atoms with E-state index < -0.39 is 0 Å². The minimum atomic E-state index is -0.128. The summed E-state index contributed by atoms with van der Waals surface area (Å²) < 4.78 is 5.45. The highest BCUT2D eigenvalue weighted by molar-refractivity contribution is 8.14. The second-order valence-electron chi connectivity index (χ2n) is 9.81. The molecule has 2 amide bonds. The lowest BCUT2D eigenvalue weighted by atomic mass is 9.98. The topological polar surface area (TPSA) is 90.0 Å². The molecule has 2 N–H and O–H groups in total. The molecule has 1 saturated heterocycles. The summed E-state index contributed by atoms with van der Waals surface area (Å²) in [6, 6.07) is 15.4. The van der Waals surface area contributed by atoms with Crippen LogP contribution < -0.4 is 5.32 Å². The Kier molecular flexibility index (Phi) is 8.68. The van der Waals surface area contributed by atoms with E-state index in [2.05, 4.69) is 26.4 Å². The van der Waals surface area contributed by atoms with Gasteiger partial charge >= 0.3 is 5.24 Å². The summed E-state index contributed by atoms with van der Waals surface area (Å²) in [6.07, 6.45) is 2.01. The van der Waals surface area contributed by atoms with Gasteiger partial charge in [-0.05, 0) is 59.5 Å². The minimum Gasteiger partial charge on any atom is -0.379 e. The molecular weight excluding hydrogens is 569 g/mol. The van der Waals surface area contributed by atoms with Gasteiger partial charge in [0.15, 0.2) is 0 Å². The number of allylic oxidation sites excluding steroid dienone is 1. The van der Waals surface area contributed by atoms with Crippen molar-refractivity contribution in [2.45, 2.75) is 20.0 Å². The third kappa shape index (κ3) is 5.99. The number of benzene rings is 2. The molecule has 0 unspecified atom stereocenters. The van der Waals surface area contributed by atoms with Crippen molar-refractivity contribution in [3.8, 4) is 0 Å². The van der Waals surface area contributed by atoms with Crippen LogP contribution in [0.3, 0.4) is 0 Å². The summed E-state index contributed by atoms with van der Waals surface area (Å²) in [5.41, 5.74) is 7.86. The van der Waals surface area contributed by atoms with Gasteiger partial charge in [0.1, 0.15) is 0 Å². The summed E-state index contributed by atoms with van der Waals surface area (Å²) in [5.74, 6) is 0.381. The van der Waals surface area contributed by atoms with Crippen molar-refractivity contribution in [2.75, 3.05) is 37.4 Å². The predicted octanol–water partition coefficient (Wildman–Crippen LogP) is 5.88. The van der Waals surface area contributed by atoms with Crippen LogP contribution in [-0.4, -0.2) is 63.8 Å². The fourth-order valence-electron chi connectivity index (χ4n) is 5.06. The van der Waals surface area contributed by atoms with E-state index in [0.717, 1.165) is 72.2 Å². The maximum Gasteiger partial charge on any atom is 0.302 e. The van der Waals surface area contributed by atoms with Crippen molar-refractivity contribution in [3.63, 3.8) is 0 Å². The number of fused-ring (bicyclic) bond motifs is 1. The number of hydrogen-bond acceptors (Lipinski definition) is 6. The normalized spacial score (nSPS) is 18.6. The van der Waals surface area contributed by atoms with Crippen LogP contribution in [0.4, 0.5) is 10.5 Å². The highest BCUT2D eigenvalue weighted by Crippen LogP contribution is 2.38. The molecule has 0 atom stereocenters. The molecule has 3 aliphatic heterocycles. The second-order valence-corrected chi connectivity index (χ2v) is 11.2. The molecule has 0 spiro atoms. The van der Waals surface area contributed by atoms with Gasteiger partial charge in [-0.3, -0.25) is 14.5 Å². The van der Waals surface area contributed by atoms with Gasteiger partial charge in [0, 0.05) is 53.6 Å². The lowest BCUT2D eigenvalue weighted by molar-refractivity contribution is -0.110. The number of hydrazone groups is 1. The fraction of sp³-hybridized carbons (Fsp3) is 0.276. The number of anilines is 1. The molecule has 0 radical (unpaired) electrons. The van der Waals surface area contributed by atoms with E-state index in [1.807, 2.05) is 55.6 Å². The molecule has 208 valence electrons. The Morgan fingerprint density at radius 3 is 2.60 bits per heavy atom. The van der Waals surface area contributed by atoms with E-state index in [1.165, 1.54) is 22.3 Å². The van der Waals surface area contributed by atoms with E-state index in [1.54, 1.807) is 0 Å². The highest BCUT2D eigenvalue weighted by Gasteiger charge is 2.29. The molecule has 40 heavy (non-hydrogen) atoms. The molecule has 6 rings (SSSR count). The molecule has 2 aromatic carbocycles. The molecule has 8 nitrogen and oxygen atoms in total. The van der Waals surface area contributed by atoms with Crippen molar-refractivity contribution in [2.24, 2.45) is 5.10 Å². The lowest BCUT2D eigenvalue weighted by Gasteiger charge is -2.25. The Labute approximate surface area is 248 Å². The van der Waals surface area contributed by atoms with E-state index in [4.69, 9.17) is 16.3 Å². The van der Waals surface area contributed by atoms with Crippen molar-refractivity contribution >= 4 is 69.5 Å². The number of thioether (sulfide) groups is 1. The summed E-state index contributed by atoms with van der Waals surface area (Å²) in [7, 11) is 0. The number of nitrogens with zero attached hydrogens (tertiary/aromatic N) is 3. The Morgan fingerprint density at radius 2 is 1.82 bits per heavy atom. The fourth-order valence-corrected chi connectivity index (χ4v) is 5.93. The van der Waals surface area contributed by atoms with Gasteiger partial charge in [0.05, 0.1) is 31.0 Å². The van der Waals surface area contributed by atoms with Crippen molar-refractivity contribution in [3.05, 3.63) is 87.7 Å². The number of hydrogen-bond donors (Lipinski definition) is 2. The first-order valence-electron chi connectivity index (χ1n) is 12.9. The van der Waals surface area contributed by atoms with Crippen LogP contribution in [0.1, 0.15) is 34.9 Å². The molecule has 3 aromatic rings. The molecule has 0 aliphatic carbocycles. The van der Waals surface area contributed by atoms with E-state index in [0.29, 0.717) is 22.9 Å². The third-order valence-corrected chi connectivity index (χ3v) is 8.28. The van der Waals surface area contributed by atoms with Gasteiger partial charge in [-0.1, -0.05) is 41.6 Å². The van der Waals surface area contributed by atoms with Gasteiger partial charge in [0.2, 0.25) is 0 Å². The Hall–Kier alpha value is -3.08. The van der Waals surface area contributed by atoms with E-state index in [9.17, 15) is 9.59 Å². The Morgan fingerprint density at radius 1 is 1.05 bits per heavy atom. The van der Waals surface area contributed by atoms with Gasteiger partial charge in [0.25, 0.3) is 5.91 Å². The van der Waals surface area contributed by atoms with E-state index in [-0.39, 0.29) is 23.6 Å². The summed E-state index contributed by atoms with van der Waals surface area (Å²) in [5, 5.41) is 9.67. The first-order chi connectivity index (χ1) is 18.9. The number of carbonyl (C=O) groups is 2. The molecule has 3 aliphatic rings. The Bertz CT molecular complexity index is 1500. The second kappa shape index (κ2) is 12.2. The quantitative estimate of drug-likeness (QED) is 0.346. The molecule has 0 saturated carbocycles. The smallest absolute Gasteiger partial charge is 0.302 e. The average Bonchev–Trinajstić information content (AvgIpc) is 3.54.